The molecule has 0 bridgehead atoms. The molecule has 2 unspecified atom stereocenters. The number of hydrogen-bond acceptors (Lipinski definition) is 8. The fraction of sp³-hybridized carbons (Fsp3) is 0.660. The minimum Gasteiger partial charge on any atom is -0.756 e. The molecule has 360 valence electrons. The van der Waals surface area contributed by atoms with Crippen LogP contribution in [0.3, 0.4) is 0 Å². The van der Waals surface area contributed by atoms with E-state index in [1.54, 1.807) is 0 Å². The molecule has 0 saturated carbocycles. The molecule has 0 spiro atoms. The largest absolute Gasteiger partial charge is 0.756 e. The van der Waals surface area contributed by atoms with Crippen LogP contribution >= 0.6 is 7.82 Å². The Morgan fingerprint density at radius 1 is 0.508 bits per heavy atom. The van der Waals surface area contributed by atoms with Crippen molar-refractivity contribution >= 4 is 19.8 Å². The number of quaternary nitrogens is 1. The highest BCUT2D eigenvalue weighted by Crippen LogP contribution is 2.38. The summed E-state index contributed by atoms with van der Waals surface area (Å²) < 4.78 is 33.9. The summed E-state index contributed by atoms with van der Waals surface area (Å²) in [4.78, 5) is 37.6. The highest BCUT2D eigenvalue weighted by Gasteiger charge is 2.21. The van der Waals surface area contributed by atoms with Gasteiger partial charge in [-0.15, -0.1) is 0 Å². The minimum atomic E-state index is -4.65. The third-order valence-electron chi connectivity index (χ3n) is 9.84. The van der Waals surface area contributed by atoms with E-state index in [1.165, 1.54) is 51.4 Å². The Morgan fingerprint density at radius 2 is 0.921 bits per heavy atom. The van der Waals surface area contributed by atoms with Crippen LogP contribution in [-0.4, -0.2) is 70.0 Å². The lowest BCUT2D eigenvalue weighted by Gasteiger charge is -2.28. The molecule has 0 aliphatic rings. The number of nitrogens with zero attached hydrogens (tertiary/aromatic N) is 1. The van der Waals surface area contributed by atoms with E-state index in [2.05, 4.69) is 105 Å². The number of phosphoric ester groups is 1. The molecule has 0 heterocycles. The molecule has 0 rings (SSSR count). The molecule has 2 atom stereocenters. The first-order valence-electron chi connectivity index (χ1n) is 24.4. The average molecular weight is 900 g/mol. The molecule has 0 aromatic carbocycles. The van der Waals surface area contributed by atoms with Crippen molar-refractivity contribution in [2.45, 2.75) is 180 Å². The zero-order chi connectivity index (χ0) is 46.4. The molecule has 9 nitrogen and oxygen atoms in total. The minimum absolute atomic E-state index is 0.0483. The second-order valence-electron chi connectivity index (χ2n) is 17.1. The van der Waals surface area contributed by atoms with Crippen molar-refractivity contribution in [1.82, 2.24) is 0 Å². The number of phosphoric acid groups is 1. The van der Waals surface area contributed by atoms with Gasteiger partial charge in [-0.3, -0.25) is 14.2 Å². The average Bonchev–Trinajstić information content (AvgIpc) is 3.24. The van der Waals surface area contributed by atoms with Crippen LogP contribution in [0.1, 0.15) is 174 Å². The number of ether oxygens (including phenoxy) is 2. The van der Waals surface area contributed by atoms with Crippen molar-refractivity contribution in [3.63, 3.8) is 0 Å². The molecule has 0 aliphatic carbocycles. The van der Waals surface area contributed by atoms with E-state index in [-0.39, 0.29) is 26.1 Å². The molecule has 0 aromatic rings. The van der Waals surface area contributed by atoms with Gasteiger partial charge < -0.3 is 27.9 Å². The summed E-state index contributed by atoms with van der Waals surface area (Å²) in [6, 6.07) is 0. The SMILES string of the molecule is CC/C=C\C/C=C\C/C=C\C/C=C\C/C=C\C/C=C\C/C=C\CCCC(=O)OC(COC(=O)CCCCCCC/C=C\CCCCCCCCC)COP(=O)([O-])OCC[N+](C)(C)C. The zero-order valence-electron chi connectivity index (χ0n) is 40.5. The van der Waals surface area contributed by atoms with Crippen LogP contribution < -0.4 is 4.89 Å². The Balaban J connectivity index is 4.44. The maximum Gasteiger partial charge on any atom is 0.306 e. The number of likely N-dealkylation sites (N-methyl/N-ethyl adjacent to an activating group) is 1. The summed E-state index contributed by atoms with van der Waals surface area (Å²) >= 11 is 0. The molecule has 0 saturated heterocycles. The Bertz CT molecular complexity index is 1390. The third-order valence-corrected chi connectivity index (χ3v) is 10.8. The van der Waals surface area contributed by atoms with Gasteiger partial charge in [0, 0.05) is 12.8 Å². The van der Waals surface area contributed by atoms with Gasteiger partial charge in [-0.1, -0.05) is 169 Å². The summed E-state index contributed by atoms with van der Waals surface area (Å²) in [5.41, 5.74) is 0. The van der Waals surface area contributed by atoms with Gasteiger partial charge >= 0.3 is 11.9 Å². The number of carbonyl (C=O) groups excluding carboxylic acids is 2. The molecule has 0 amide bonds. The van der Waals surface area contributed by atoms with Gasteiger partial charge in [0.25, 0.3) is 7.82 Å². The molecule has 0 N–H and O–H groups in total. The van der Waals surface area contributed by atoms with Crippen molar-refractivity contribution in [3.05, 3.63) is 97.2 Å². The molecule has 0 radical (unpaired) electrons. The van der Waals surface area contributed by atoms with Crippen LogP contribution in [0.25, 0.3) is 0 Å². The number of rotatable bonds is 43. The summed E-state index contributed by atoms with van der Waals surface area (Å²) in [5, 5.41) is 0. The Hall–Kier alpha value is -3.07. The fourth-order valence-electron chi connectivity index (χ4n) is 6.05. The number of allylic oxidation sites excluding steroid dienone is 16. The van der Waals surface area contributed by atoms with Gasteiger partial charge in [0.15, 0.2) is 6.10 Å². The van der Waals surface area contributed by atoms with E-state index in [1.807, 2.05) is 27.2 Å². The lowest BCUT2D eigenvalue weighted by Crippen LogP contribution is -2.37. The Labute approximate surface area is 385 Å². The monoisotopic (exact) mass is 900 g/mol. The van der Waals surface area contributed by atoms with Crippen molar-refractivity contribution in [2.75, 3.05) is 47.5 Å². The van der Waals surface area contributed by atoms with Crippen LogP contribution in [0.15, 0.2) is 97.2 Å². The molecular formula is C53H90NO8P. The molecule has 0 aliphatic heterocycles. The number of esters is 2. The van der Waals surface area contributed by atoms with Crippen molar-refractivity contribution in [2.24, 2.45) is 0 Å². The number of unbranched alkanes of at least 4 members (excludes halogenated alkanes) is 13. The lowest BCUT2D eigenvalue weighted by atomic mass is 10.1. The maximum atomic E-state index is 12.7. The Kier molecular flexibility index (Phi) is 42.0. The first-order valence-corrected chi connectivity index (χ1v) is 25.9. The topological polar surface area (TPSA) is 111 Å². The molecule has 63 heavy (non-hydrogen) atoms. The van der Waals surface area contributed by atoms with Gasteiger partial charge in [-0.05, 0) is 89.9 Å². The molecule has 10 heteroatoms. The molecule has 0 aromatic heterocycles. The van der Waals surface area contributed by atoms with Gasteiger partial charge in [0.2, 0.25) is 0 Å². The summed E-state index contributed by atoms with van der Waals surface area (Å²) in [7, 11) is 1.11. The Morgan fingerprint density at radius 3 is 1.41 bits per heavy atom. The lowest BCUT2D eigenvalue weighted by molar-refractivity contribution is -0.870. The van der Waals surface area contributed by atoms with E-state index in [0.717, 1.165) is 77.0 Å². The predicted octanol–water partition coefficient (Wildman–Crippen LogP) is 13.9. The summed E-state index contributed by atoms with van der Waals surface area (Å²) in [6.45, 7) is 4.02. The third kappa shape index (κ3) is 48.2. The fourth-order valence-corrected chi connectivity index (χ4v) is 6.78. The molecule has 0 fully saturated rings. The number of carbonyl (C=O) groups is 2. The van der Waals surface area contributed by atoms with Crippen LogP contribution in [0, 0.1) is 0 Å². The second-order valence-corrected chi connectivity index (χ2v) is 18.5. The van der Waals surface area contributed by atoms with Crippen molar-refractivity contribution < 1.29 is 42.1 Å². The first-order chi connectivity index (χ1) is 30.5. The van der Waals surface area contributed by atoms with E-state index >= 15 is 0 Å². The van der Waals surface area contributed by atoms with Gasteiger partial charge in [-0.25, -0.2) is 0 Å². The van der Waals surface area contributed by atoms with Crippen LogP contribution in [0.2, 0.25) is 0 Å². The van der Waals surface area contributed by atoms with Gasteiger partial charge in [0.05, 0.1) is 27.7 Å². The summed E-state index contributed by atoms with van der Waals surface area (Å²) in [6.07, 6.45) is 58.7. The van der Waals surface area contributed by atoms with Crippen LogP contribution in [-0.2, 0) is 32.7 Å². The first kappa shape index (κ1) is 59.9. The molecular weight excluding hydrogens is 810 g/mol. The van der Waals surface area contributed by atoms with Crippen LogP contribution in [0.5, 0.6) is 0 Å². The smallest absolute Gasteiger partial charge is 0.306 e. The standard InChI is InChI=1S/C53H90NO8P/c1-6-8-10-12-14-16-18-20-22-24-25-26-27-28-29-30-32-34-36-38-40-42-44-46-53(56)62-51(50-61-63(57,58)60-48-47-54(3,4)5)49-59-52(55)45-43-41-39-37-35-33-31-23-21-19-17-15-13-11-9-7-2/h8,10,14,16,20,22-23,25-26,28-29,31-32,34,38,40,51H,6-7,9,11-13,15,17-19,21,24,27,30,33,35-37,39,41-50H2,1-5H3/b10-8-,16-14-,22-20-,26-25-,29-28-,31-23-,34-32-,40-38-. The van der Waals surface area contributed by atoms with E-state index in [4.69, 9.17) is 18.5 Å². The van der Waals surface area contributed by atoms with E-state index < -0.39 is 32.5 Å². The second kappa shape index (κ2) is 44.1. The predicted molar refractivity (Wildman–Crippen MR) is 263 cm³/mol. The van der Waals surface area contributed by atoms with Gasteiger partial charge in [0.1, 0.15) is 19.8 Å². The van der Waals surface area contributed by atoms with E-state index in [9.17, 15) is 19.0 Å². The normalized spacial score (nSPS) is 14.3. The van der Waals surface area contributed by atoms with Crippen LogP contribution in [0.4, 0.5) is 0 Å². The van der Waals surface area contributed by atoms with Crippen molar-refractivity contribution in [3.8, 4) is 0 Å². The summed E-state index contributed by atoms with van der Waals surface area (Å²) in [5.74, 6) is -0.921. The zero-order valence-corrected chi connectivity index (χ0v) is 41.4. The van der Waals surface area contributed by atoms with E-state index in [0.29, 0.717) is 30.3 Å². The number of hydrogen-bond donors (Lipinski definition) is 0. The quantitative estimate of drug-likeness (QED) is 0.0196. The maximum absolute atomic E-state index is 12.7. The highest BCUT2D eigenvalue weighted by atomic mass is 31.2. The van der Waals surface area contributed by atoms with Gasteiger partial charge in [-0.2, -0.15) is 0 Å². The highest BCUT2D eigenvalue weighted by molar-refractivity contribution is 7.45. The van der Waals surface area contributed by atoms with Crippen molar-refractivity contribution in [1.29, 1.82) is 0 Å².